The van der Waals surface area contributed by atoms with Gasteiger partial charge in [-0.3, -0.25) is 4.79 Å². The first-order valence-electron chi connectivity index (χ1n) is 9.05. The minimum Gasteiger partial charge on any atom is -0.493 e. The first kappa shape index (κ1) is 19.1. The van der Waals surface area contributed by atoms with Gasteiger partial charge in [0, 0.05) is 16.9 Å². The third kappa shape index (κ3) is 5.17. The molecule has 0 fully saturated rings. The van der Waals surface area contributed by atoms with Crippen LogP contribution in [0.4, 0.5) is 5.13 Å². The van der Waals surface area contributed by atoms with Crippen LogP contribution < -0.4 is 10.1 Å². The number of hydrogen-bond acceptors (Lipinski definition) is 4. The lowest BCUT2D eigenvalue weighted by atomic mass is 10.1. The van der Waals surface area contributed by atoms with E-state index >= 15 is 0 Å². The van der Waals surface area contributed by atoms with E-state index in [0.717, 1.165) is 27.4 Å². The van der Waals surface area contributed by atoms with Crippen molar-refractivity contribution in [2.24, 2.45) is 0 Å². The average molecular weight is 381 g/mol. The van der Waals surface area contributed by atoms with Crippen LogP contribution in [0, 0.1) is 20.8 Å². The fraction of sp³-hybridized carbons (Fsp3) is 0.273. The standard InChI is InChI=1S/C22H24N2O2S/c1-15-11-12-16(2)19(14-15)26-13-7-10-20(25)23-22-24-21(17(3)27-22)18-8-5-4-6-9-18/h4-6,8-9,11-12,14H,7,10,13H2,1-3H3,(H,23,24,25). The highest BCUT2D eigenvalue weighted by Gasteiger charge is 2.12. The van der Waals surface area contributed by atoms with Crippen LogP contribution in [-0.4, -0.2) is 17.5 Å². The predicted octanol–water partition coefficient (Wildman–Crippen LogP) is 5.53. The number of nitrogens with one attached hydrogen (secondary N) is 1. The van der Waals surface area contributed by atoms with Crippen LogP contribution in [0.5, 0.6) is 5.75 Å². The van der Waals surface area contributed by atoms with E-state index in [2.05, 4.69) is 16.4 Å². The van der Waals surface area contributed by atoms with E-state index < -0.39 is 0 Å². The SMILES string of the molecule is Cc1ccc(C)c(OCCCC(=O)Nc2nc(-c3ccccc3)c(C)s2)c1. The minimum atomic E-state index is -0.0343. The van der Waals surface area contributed by atoms with Gasteiger partial charge in [-0.15, -0.1) is 11.3 Å². The van der Waals surface area contributed by atoms with Crippen LogP contribution in [0.3, 0.4) is 0 Å². The zero-order valence-corrected chi connectivity index (χ0v) is 16.7. The second kappa shape index (κ2) is 8.82. The van der Waals surface area contributed by atoms with Gasteiger partial charge in [-0.1, -0.05) is 42.5 Å². The molecule has 4 nitrogen and oxygen atoms in total. The number of carbonyl (C=O) groups is 1. The molecule has 140 valence electrons. The summed E-state index contributed by atoms with van der Waals surface area (Å²) in [6.07, 6.45) is 1.07. The fourth-order valence-corrected chi connectivity index (χ4v) is 3.63. The van der Waals surface area contributed by atoms with Crippen molar-refractivity contribution in [3.8, 4) is 17.0 Å². The van der Waals surface area contributed by atoms with Crippen molar-refractivity contribution in [2.75, 3.05) is 11.9 Å². The van der Waals surface area contributed by atoms with E-state index in [-0.39, 0.29) is 5.91 Å². The molecule has 0 aliphatic heterocycles. The Morgan fingerprint density at radius 1 is 1.11 bits per heavy atom. The Kier molecular flexibility index (Phi) is 6.24. The number of amides is 1. The van der Waals surface area contributed by atoms with E-state index in [1.165, 1.54) is 16.9 Å². The normalized spacial score (nSPS) is 10.6. The molecule has 1 aromatic heterocycles. The molecular formula is C22H24N2O2S. The van der Waals surface area contributed by atoms with E-state index in [0.29, 0.717) is 24.6 Å². The molecule has 0 saturated carbocycles. The summed E-state index contributed by atoms with van der Waals surface area (Å²) in [5, 5.41) is 3.55. The molecule has 0 spiro atoms. The first-order valence-corrected chi connectivity index (χ1v) is 9.87. The molecule has 0 aliphatic rings. The lowest BCUT2D eigenvalue weighted by Crippen LogP contribution is -2.12. The highest BCUT2D eigenvalue weighted by molar-refractivity contribution is 7.16. The van der Waals surface area contributed by atoms with Crippen molar-refractivity contribution >= 4 is 22.4 Å². The number of benzene rings is 2. The molecule has 3 rings (SSSR count). The van der Waals surface area contributed by atoms with E-state index in [9.17, 15) is 4.79 Å². The third-order valence-electron chi connectivity index (χ3n) is 4.24. The number of hydrogen-bond donors (Lipinski definition) is 1. The number of aryl methyl sites for hydroxylation is 3. The third-order valence-corrected chi connectivity index (χ3v) is 5.13. The van der Waals surface area contributed by atoms with Crippen LogP contribution in [-0.2, 0) is 4.79 Å². The lowest BCUT2D eigenvalue weighted by molar-refractivity contribution is -0.116. The van der Waals surface area contributed by atoms with Gasteiger partial charge in [-0.2, -0.15) is 0 Å². The van der Waals surface area contributed by atoms with E-state index in [1.54, 1.807) is 0 Å². The smallest absolute Gasteiger partial charge is 0.226 e. The van der Waals surface area contributed by atoms with Crippen molar-refractivity contribution in [2.45, 2.75) is 33.6 Å². The number of ether oxygens (including phenoxy) is 1. The number of carbonyl (C=O) groups excluding carboxylic acids is 1. The largest absolute Gasteiger partial charge is 0.493 e. The molecule has 5 heteroatoms. The van der Waals surface area contributed by atoms with Crippen molar-refractivity contribution in [3.63, 3.8) is 0 Å². The second-order valence-electron chi connectivity index (χ2n) is 6.56. The van der Waals surface area contributed by atoms with Crippen molar-refractivity contribution in [1.82, 2.24) is 4.98 Å². The van der Waals surface area contributed by atoms with Crippen molar-refractivity contribution in [3.05, 3.63) is 64.5 Å². The van der Waals surface area contributed by atoms with E-state index in [4.69, 9.17) is 4.74 Å². The molecule has 0 aliphatic carbocycles. The Bertz CT molecular complexity index is 919. The molecule has 2 aromatic carbocycles. The summed E-state index contributed by atoms with van der Waals surface area (Å²) < 4.78 is 5.81. The van der Waals surface area contributed by atoms with Crippen molar-refractivity contribution in [1.29, 1.82) is 0 Å². The Morgan fingerprint density at radius 3 is 2.67 bits per heavy atom. The maximum atomic E-state index is 12.2. The van der Waals surface area contributed by atoms with Crippen LogP contribution >= 0.6 is 11.3 Å². The second-order valence-corrected chi connectivity index (χ2v) is 7.76. The summed E-state index contributed by atoms with van der Waals surface area (Å²) in [5.41, 5.74) is 4.27. The maximum absolute atomic E-state index is 12.2. The van der Waals surface area contributed by atoms with Crippen LogP contribution in [0.25, 0.3) is 11.3 Å². The lowest BCUT2D eigenvalue weighted by Gasteiger charge is -2.09. The fourth-order valence-electron chi connectivity index (χ4n) is 2.77. The summed E-state index contributed by atoms with van der Waals surface area (Å²) in [4.78, 5) is 17.9. The molecule has 1 heterocycles. The van der Waals surface area contributed by atoms with E-state index in [1.807, 2.05) is 63.2 Å². The molecule has 0 bridgehead atoms. The number of rotatable bonds is 7. The van der Waals surface area contributed by atoms with Gasteiger partial charge in [-0.05, 0) is 44.4 Å². The van der Waals surface area contributed by atoms with Gasteiger partial charge in [0.15, 0.2) is 5.13 Å². The van der Waals surface area contributed by atoms with Gasteiger partial charge >= 0.3 is 0 Å². The average Bonchev–Trinajstić information content (AvgIpc) is 3.02. The Hall–Kier alpha value is -2.66. The molecule has 1 amide bonds. The van der Waals surface area contributed by atoms with Gasteiger partial charge in [0.2, 0.25) is 5.91 Å². The summed E-state index contributed by atoms with van der Waals surface area (Å²) in [6, 6.07) is 16.1. The summed E-state index contributed by atoms with van der Waals surface area (Å²) >= 11 is 1.50. The predicted molar refractivity (Wildman–Crippen MR) is 112 cm³/mol. The van der Waals surface area contributed by atoms with Gasteiger partial charge in [0.1, 0.15) is 5.75 Å². The Labute approximate surface area is 164 Å². The Morgan fingerprint density at radius 2 is 1.89 bits per heavy atom. The van der Waals surface area contributed by atoms with Gasteiger partial charge in [0.25, 0.3) is 0 Å². The topological polar surface area (TPSA) is 51.2 Å². The Balaban J connectivity index is 1.49. The number of thiazole rings is 1. The van der Waals surface area contributed by atoms with Gasteiger partial charge in [-0.25, -0.2) is 4.98 Å². The summed E-state index contributed by atoms with van der Waals surface area (Å²) in [5.74, 6) is 0.853. The quantitative estimate of drug-likeness (QED) is 0.548. The molecule has 0 radical (unpaired) electrons. The zero-order chi connectivity index (χ0) is 19.2. The molecular weight excluding hydrogens is 356 g/mol. The molecule has 27 heavy (non-hydrogen) atoms. The molecule has 0 unspecified atom stereocenters. The monoisotopic (exact) mass is 380 g/mol. The summed E-state index contributed by atoms with van der Waals surface area (Å²) in [6.45, 7) is 6.60. The highest BCUT2D eigenvalue weighted by Crippen LogP contribution is 2.30. The van der Waals surface area contributed by atoms with Crippen LogP contribution in [0.2, 0.25) is 0 Å². The molecule has 0 saturated heterocycles. The van der Waals surface area contributed by atoms with Gasteiger partial charge in [0.05, 0.1) is 12.3 Å². The summed E-state index contributed by atoms with van der Waals surface area (Å²) in [7, 11) is 0. The van der Waals surface area contributed by atoms with Gasteiger partial charge < -0.3 is 10.1 Å². The molecule has 0 atom stereocenters. The van der Waals surface area contributed by atoms with Crippen molar-refractivity contribution < 1.29 is 9.53 Å². The number of nitrogens with zero attached hydrogens (tertiary/aromatic N) is 1. The zero-order valence-electron chi connectivity index (χ0n) is 15.9. The number of anilines is 1. The number of aromatic nitrogens is 1. The minimum absolute atomic E-state index is 0.0343. The molecule has 3 aromatic rings. The maximum Gasteiger partial charge on any atom is 0.226 e. The molecule has 1 N–H and O–H groups in total. The highest BCUT2D eigenvalue weighted by atomic mass is 32.1. The van der Waals surface area contributed by atoms with Crippen LogP contribution in [0.15, 0.2) is 48.5 Å². The first-order chi connectivity index (χ1) is 13.0. The van der Waals surface area contributed by atoms with Crippen LogP contribution in [0.1, 0.15) is 28.8 Å².